The summed E-state index contributed by atoms with van der Waals surface area (Å²) in [5.74, 6) is 0. The molecule has 0 aromatic heterocycles. The molecule has 100 valence electrons. The van der Waals surface area contributed by atoms with Crippen molar-refractivity contribution in [2.45, 2.75) is 33.3 Å². The van der Waals surface area contributed by atoms with E-state index >= 15 is 0 Å². The van der Waals surface area contributed by atoms with Crippen LogP contribution in [-0.2, 0) is 6.42 Å². The maximum absolute atomic E-state index is 10.3. The molecular weight excluding hydrogens is 300 g/mol. The van der Waals surface area contributed by atoms with Crippen molar-refractivity contribution in [3.05, 3.63) is 68.7 Å². The van der Waals surface area contributed by atoms with Gasteiger partial charge in [-0.1, -0.05) is 46.3 Å². The normalized spacial score (nSPS) is 12.5. The lowest BCUT2D eigenvalue weighted by Crippen LogP contribution is -2.02. The zero-order valence-corrected chi connectivity index (χ0v) is 13.2. The van der Waals surface area contributed by atoms with Crippen molar-refractivity contribution >= 4 is 15.9 Å². The van der Waals surface area contributed by atoms with Crippen LogP contribution in [-0.4, -0.2) is 5.11 Å². The van der Waals surface area contributed by atoms with Crippen molar-refractivity contribution in [1.82, 2.24) is 0 Å². The minimum Gasteiger partial charge on any atom is -0.388 e. The number of aliphatic hydroxyl groups is 1. The molecule has 0 bridgehead atoms. The Morgan fingerprint density at radius 3 is 2.32 bits per heavy atom. The van der Waals surface area contributed by atoms with E-state index in [2.05, 4.69) is 48.0 Å². The van der Waals surface area contributed by atoms with E-state index in [4.69, 9.17) is 0 Å². The predicted molar refractivity (Wildman–Crippen MR) is 83.5 cm³/mol. The number of benzene rings is 2. The van der Waals surface area contributed by atoms with Crippen molar-refractivity contribution in [3.8, 4) is 0 Å². The van der Waals surface area contributed by atoms with E-state index in [0.717, 1.165) is 15.6 Å². The summed E-state index contributed by atoms with van der Waals surface area (Å²) in [6.45, 7) is 6.25. The first-order valence-corrected chi connectivity index (χ1v) is 7.27. The molecule has 0 saturated carbocycles. The van der Waals surface area contributed by atoms with Crippen LogP contribution >= 0.6 is 15.9 Å². The topological polar surface area (TPSA) is 20.2 Å². The second-order valence-electron chi connectivity index (χ2n) is 5.15. The minimum absolute atomic E-state index is 0.450. The van der Waals surface area contributed by atoms with Crippen LogP contribution in [0.5, 0.6) is 0 Å². The molecule has 1 nitrogen and oxygen atoms in total. The van der Waals surface area contributed by atoms with Gasteiger partial charge in [-0.25, -0.2) is 0 Å². The molecule has 2 heteroatoms. The number of aryl methyl sites for hydroxylation is 3. The molecule has 1 N–H and O–H groups in total. The third-order valence-corrected chi connectivity index (χ3v) is 4.46. The molecule has 0 amide bonds. The summed E-state index contributed by atoms with van der Waals surface area (Å²) in [5, 5.41) is 10.3. The summed E-state index contributed by atoms with van der Waals surface area (Å²) in [5.41, 5.74) is 5.86. The Labute approximate surface area is 123 Å². The molecule has 2 aromatic rings. The number of hydrogen-bond donors (Lipinski definition) is 1. The summed E-state index contributed by atoms with van der Waals surface area (Å²) in [6, 6.07) is 12.4. The van der Waals surface area contributed by atoms with Gasteiger partial charge in [0, 0.05) is 10.9 Å². The largest absolute Gasteiger partial charge is 0.388 e. The van der Waals surface area contributed by atoms with Gasteiger partial charge in [0.1, 0.15) is 0 Å². The molecule has 2 aromatic carbocycles. The molecule has 1 unspecified atom stereocenters. The fourth-order valence-corrected chi connectivity index (χ4v) is 2.39. The number of aliphatic hydroxyl groups excluding tert-OH is 1. The van der Waals surface area contributed by atoms with Crippen molar-refractivity contribution in [2.24, 2.45) is 0 Å². The van der Waals surface area contributed by atoms with Gasteiger partial charge in [0.05, 0.1) is 6.10 Å². The lowest BCUT2D eigenvalue weighted by atomic mass is 9.98. The quantitative estimate of drug-likeness (QED) is 0.873. The molecule has 0 heterocycles. The Bertz CT molecular complexity index is 590. The SMILES string of the molecule is Cc1ccc(CC(O)c2ccc(Br)c(C)c2)cc1C. The average molecular weight is 319 g/mol. The highest BCUT2D eigenvalue weighted by atomic mass is 79.9. The third-order valence-electron chi connectivity index (χ3n) is 3.57. The molecule has 0 saturated heterocycles. The van der Waals surface area contributed by atoms with Crippen LogP contribution in [0.4, 0.5) is 0 Å². The first-order valence-electron chi connectivity index (χ1n) is 6.47. The Morgan fingerprint density at radius 1 is 0.947 bits per heavy atom. The summed E-state index contributed by atoms with van der Waals surface area (Å²) in [7, 11) is 0. The van der Waals surface area contributed by atoms with E-state index in [1.165, 1.54) is 16.7 Å². The van der Waals surface area contributed by atoms with E-state index in [1.54, 1.807) is 0 Å². The van der Waals surface area contributed by atoms with Gasteiger partial charge in [-0.05, 0) is 54.7 Å². The summed E-state index contributed by atoms with van der Waals surface area (Å²) in [4.78, 5) is 0. The van der Waals surface area contributed by atoms with Crippen LogP contribution in [0.1, 0.15) is 33.9 Å². The highest BCUT2D eigenvalue weighted by Crippen LogP contribution is 2.24. The molecule has 0 aliphatic rings. The van der Waals surface area contributed by atoms with Crippen LogP contribution in [0, 0.1) is 20.8 Å². The summed E-state index contributed by atoms with van der Waals surface area (Å²) in [6.07, 6.45) is 0.205. The fraction of sp³-hybridized carbons (Fsp3) is 0.294. The molecule has 0 radical (unpaired) electrons. The van der Waals surface area contributed by atoms with Crippen LogP contribution in [0.2, 0.25) is 0 Å². The zero-order valence-electron chi connectivity index (χ0n) is 11.6. The van der Waals surface area contributed by atoms with E-state index in [9.17, 15) is 5.11 Å². The standard InChI is InChI=1S/C17H19BrO/c1-11-4-5-14(8-12(11)2)10-17(19)15-6-7-16(18)13(3)9-15/h4-9,17,19H,10H2,1-3H3. The van der Waals surface area contributed by atoms with E-state index in [-0.39, 0.29) is 0 Å². The summed E-state index contributed by atoms with van der Waals surface area (Å²) >= 11 is 3.48. The van der Waals surface area contributed by atoms with Gasteiger partial charge in [0.25, 0.3) is 0 Å². The highest BCUT2D eigenvalue weighted by molar-refractivity contribution is 9.10. The van der Waals surface area contributed by atoms with Gasteiger partial charge in [-0.2, -0.15) is 0 Å². The van der Waals surface area contributed by atoms with Crippen molar-refractivity contribution < 1.29 is 5.11 Å². The Balaban J connectivity index is 2.17. The van der Waals surface area contributed by atoms with Gasteiger partial charge >= 0.3 is 0 Å². The number of hydrogen-bond acceptors (Lipinski definition) is 1. The van der Waals surface area contributed by atoms with E-state index in [0.29, 0.717) is 6.42 Å². The van der Waals surface area contributed by atoms with Gasteiger partial charge in [-0.15, -0.1) is 0 Å². The second kappa shape index (κ2) is 5.89. The lowest BCUT2D eigenvalue weighted by molar-refractivity contribution is 0.178. The van der Waals surface area contributed by atoms with Gasteiger partial charge in [0.2, 0.25) is 0 Å². The van der Waals surface area contributed by atoms with Crippen LogP contribution in [0.25, 0.3) is 0 Å². The minimum atomic E-state index is -0.450. The van der Waals surface area contributed by atoms with Crippen molar-refractivity contribution in [2.75, 3.05) is 0 Å². The van der Waals surface area contributed by atoms with Crippen molar-refractivity contribution in [3.63, 3.8) is 0 Å². The Hall–Kier alpha value is -1.12. The molecular formula is C17H19BrO. The number of halogens is 1. The van der Waals surface area contributed by atoms with Crippen molar-refractivity contribution in [1.29, 1.82) is 0 Å². The predicted octanol–water partition coefficient (Wildman–Crippen LogP) is 4.65. The molecule has 19 heavy (non-hydrogen) atoms. The van der Waals surface area contributed by atoms with Gasteiger partial charge in [-0.3, -0.25) is 0 Å². The summed E-state index contributed by atoms with van der Waals surface area (Å²) < 4.78 is 1.08. The molecule has 2 rings (SSSR count). The third kappa shape index (κ3) is 3.46. The maximum atomic E-state index is 10.3. The van der Waals surface area contributed by atoms with Gasteiger partial charge in [0.15, 0.2) is 0 Å². The first kappa shape index (κ1) is 14.3. The van der Waals surface area contributed by atoms with Crippen LogP contribution in [0.3, 0.4) is 0 Å². The van der Waals surface area contributed by atoms with Crippen LogP contribution in [0.15, 0.2) is 40.9 Å². The molecule has 0 aliphatic heterocycles. The highest BCUT2D eigenvalue weighted by Gasteiger charge is 2.10. The van der Waals surface area contributed by atoms with Gasteiger partial charge < -0.3 is 5.11 Å². The Kier molecular flexibility index (Phi) is 4.43. The fourth-order valence-electron chi connectivity index (χ4n) is 2.15. The number of rotatable bonds is 3. The smallest absolute Gasteiger partial charge is 0.0830 e. The molecule has 0 fully saturated rings. The average Bonchev–Trinajstić information content (AvgIpc) is 2.37. The lowest BCUT2D eigenvalue weighted by Gasteiger charge is -2.13. The maximum Gasteiger partial charge on any atom is 0.0830 e. The molecule has 0 aliphatic carbocycles. The van der Waals surface area contributed by atoms with Crippen LogP contribution < -0.4 is 0 Å². The first-order chi connectivity index (χ1) is 8.97. The molecule has 1 atom stereocenters. The zero-order chi connectivity index (χ0) is 14.0. The molecule has 0 spiro atoms. The monoisotopic (exact) mass is 318 g/mol. The van der Waals surface area contributed by atoms with E-state index in [1.807, 2.05) is 25.1 Å². The van der Waals surface area contributed by atoms with E-state index < -0.39 is 6.10 Å². The Morgan fingerprint density at radius 2 is 1.68 bits per heavy atom. The second-order valence-corrected chi connectivity index (χ2v) is 6.00.